The van der Waals surface area contributed by atoms with Crippen molar-refractivity contribution >= 4 is 33.5 Å². The number of aromatic nitrogens is 1. The fraction of sp³-hybridized carbons (Fsp3) is 0.348. The van der Waals surface area contributed by atoms with Gasteiger partial charge in [0.25, 0.3) is 5.91 Å². The number of amides is 3. The zero-order valence-corrected chi connectivity index (χ0v) is 17.5. The van der Waals surface area contributed by atoms with Gasteiger partial charge in [-0.3, -0.25) is 4.79 Å². The van der Waals surface area contributed by atoms with Crippen molar-refractivity contribution in [1.29, 1.82) is 0 Å². The molecule has 0 aliphatic carbocycles. The van der Waals surface area contributed by atoms with Crippen LogP contribution in [0.1, 0.15) is 29.3 Å². The largest absolute Gasteiger partial charge is 0.329 e. The number of hydrogen-bond donors (Lipinski definition) is 2. The molecule has 3 atom stereocenters. The van der Waals surface area contributed by atoms with Crippen molar-refractivity contribution in [3.05, 3.63) is 65.2 Å². The summed E-state index contributed by atoms with van der Waals surface area (Å²) in [6.07, 6.45) is 2.72. The van der Waals surface area contributed by atoms with Crippen LogP contribution in [0, 0.1) is 0 Å². The van der Waals surface area contributed by atoms with Gasteiger partial charge in [-0.05, 0) is 30.5 Å². The van der Waals surface area contributed by atoms with Crippen molar-refractivity contribution in [2.24, 2.45) is 0 Å². The molecule has 7 heteroatoms. The number of nitrogens with one attached hydrogen (secondary N) is 2. The van der Waals surface area contributed by atoms with Gasteiger partial charge in [0.05, 0.1) is 29.2 Å². The second kappa shape index (κ2) is 8.16. The van der Waals surface area contributed by atoms with E-state index in [9.17, 15) is 9.59 Å². The third-order valence-corrected chi connectivity index (χ3v) is 7.25. The number of thiazole rings is 1. The summed E-state index contributed by atoms with van der Waals surface area (Å²) in [5.41, 5.74) is 2.11. The van der Waals surface area contributed by atoms with Gasteiger partial charge in [-0.1, -0.05) is 42.5 Å². The maximum Gasteiger partial charge on any atom is 0.329 e. The van der Waals surface area contributed by atoms with Crippen LogP contribution in [0.2, 0.25) is 0 Å². The number of fused-ring (bicyclic) bond motifs is 1. The van der Waals surface area contributed by atoms with Crippen LogP contribution in [-0.2, 0) is 11.2 Å². The standard InChI is InChI=1S/C23H24N4O2S/c28-22-19(13-16-7-2-1-3-8-16)25-23(29)27(22)15-26-12-6-9-17(14-26)21-24-18-10-4-5-11-20(18)30-21/h1-5,7-8,10-11,17,19H,6,9,12-15H2,(H,25,29)/p+1/t17-,19+/m0/s1. The molecule has 3 amide bonds. The van der Waals surface area contributed by atoms with E-state index < -0.39 is 6.04 Å². The number of piperidine rings is 1. The molecular formula is C23H25N4O2S+. The average molecular weight is 422 g/mol. The van der Waals surface area contributed by atoms with Crippen LogP contribution in [0.5, 0.6) is 0 Å². The minimum atomic E-state index is -0.468. The van der Waals surface area contributed by atoms with Crippen LogP contribution in [0.15, 0.2) is 54.6 Å². The topological polar surface area (TPSA) is 66.7 Å². The van der Waals surface area contributed by atoms with E-state index in [1.54, 1.807) is 11.3 Å². The molecule has 2 saturated heterocycles. The number of para-hydroxylation sites is 1. The Bertz CT molecular complexity index is 1030. The van der Waals surface area contributed by atoms with Crippen molar-refractivity contribution in [3.63, 3.8) is 0 Å². The zero-order chi connectivity index (χ0) is 20.5. The summed E-state index contributed by atoms with van der Waals surface area (Å²) >= 11 is 1.77. The SMILES string of the molecule is O=C1N[C@H](Cc2ccccc2)C(=O)N1C[NH+]1CCC[C@H](c2nc3ccccc3s2)C1. The molecule has 0 saturated carbocycles. The summed E-state index contributed by atoms with van der Waals surface area (Å²) in [7, 11) is 0. The summed E-state index contributed by atoms with van der Waals surface area (Å²) in [4.78, 5) is 32.9. The quantitative estimate of drug-likeness (QED) is 0.621. The number of urea groups is 1. The van der Waals surface area contributed by atoms with Gasteiger partial charge in [-0.2, -0.15) is 0 Å². The first-order valence-electron chi connectivity index (χ1n) is 10.5. The molecule has 2 aliphatic rings. The number of rotatable bonds is 5. The molecule has 2 N–H and O–H groups in total. The van der Waals surface area contributed by atoms with E-state index in [0.717, 1.165) is 37.0 Å². The van der Waals surface area contributed by atoms with E-state index in [1.807, 2.05) is 42.5 Å². The fourth-order valence-corrected chi connectivity index (χ4v) is 5.61. The Hall–Kier alpha value is -2.77. The fourth-order valence-electron chi connectivity index (χ4n) is 4.51. The molecule has 2 aromatic carbocycles. The van der Waals surface area contributed by atoms with Gasteiger partial charge < -0.3 is 10.2 Å². The Morgan fingerprint density at radius 1 is 1.10 bits per heavy atom. The van der Waals surface area contributed by atoms with Crippen LogP contribution in [0.25, 0.3) is 10.2 Å². The third-order valence-electron chi connectivity index (χ3n) is 6.05. The number of hydrogen-bond acceptors (Lipinski definition) is 4. The van der Waals surface area contributed by atoms with E-state index >= 15 is 0 Å². The highest BCUT2D eigenvalue weighted by Crippen LogP contribution is 2.30. The van der Waals surface area contributed by atoms with Gasteiger partial charge in [0.15, 0.2) is 6.67 Å². The van der Waals surface area contributed by atoms with Gasteiger partial charge in [-0.15, -0.1) is 11.3 Å². The maximum absolute atomic E-state index is 12.9. The van der Waals surface area contributed by atoms with Crippen LogP contribution in [-0.4, -0.2) is 47.6 Å². The molecule has 1 unspecified atom stereocenters. The second-order valence-electron chi connectivity index (χ2n) is 8.18. The van der Waals surface area contributed by atoms with Gasteiger partial charge in [-0.25, -0.2) is 14.7 Å². The lowest BCUT2D eigenvalue weighted by Gasteiger charge is -2.30. The first kappa shape index (κ1) is 19.2. The smallest absolute Gasteiger partial charge is 0.325 e. The van der Waals surface area contributed by atoms with Crippen LogP contribution < -0.4 is 10.2 Å². The van der Waals surface area contributed by atoms with Crippen molar-refractivity contribution in [3.8, 4) is 0 Å². The molecule has 2 aliphatic heterocycles. The monoisotopic (exact) mass is 421 g/mol. The van der Waals surface area contributed by atoms with Crippen molar-refractivity contribution in [1.82, 2.24) is 15.2 Å². The zero-order valence-electron chi connectivity index (χ0n) is 16.7. The average Bonchev–Trinajstić information content (AvgIpc) is 3.32. The normalized spacial score (nSPS) is 24.4. The maximum atomic E-state index is 12.9. The van der Waals surface area contributed by atoms with Crippen molar-refractivity contribution in [2.45, 2.75) is 31.2 Å². The van der Waals surface area contributed by atoms with Gasteiger partial charge in [0.2, 0.25) is 0 Å². The summed E-state index contributed by atoms with van der Waals surface area (Å²) in [6.45, 7) is 2.30. The number of benzene rings is 2. The highest BCUT2D eigenvalue weighted by Gasteiger charge is 2.41. The Morgan fingerprint density at radius 2 is 1.90 bits per heavy atom. The number of carbonyl (C=O) groups excluding carboxylic acids is 2. The Balaban J connectivity index is 1.24. The van der Waals surface area contributed by atoms with E-state index in [1.165, 1.54) is 19.5 Å². The molecule has 2 fully saturated rings. The number of carbonyl (C=O) groups is 2. The Kier molecular flexibility index (Phi) is 5.23. The summed E-state index contributed by atoms with van der Waals surface area (Å²) in [5, 5.41) is 4.04. The second-order valence-corrected chi connectivity index (χ2v) is 9.24. The third kappa shape index (κ3) is 3.82. The molecule has 0 bridgehead atoms. The summed E-state index contributed by atoms with van der Waals surface area (Å²) in [5.74, 6) is 0.269. The predicted octanol–water partition coefficient (Wildman–Crippen LogP) is 2.18. The first-order chi connectivity index (χ1) is 14.7. The molecule has 30 heavy (non-hydrogen) atoms. The van der Waals surface area contributed by atoms with Crippen LogP contribution >= 0.6 is 11.3 Å². The molecule has 3 heterocycles. The Morgan fingerprint density at radius 3 is 2.73 bits per heavy atom. The van der Waals surface area contributed by atoms with Gasteiger partial charge >= 0.3 is 6.03 Å². The molecule has 0 radical (unpaired) electrons. The molecule has 0 spiro atoms. The highest BCUT2D eigenvalue weighted by atomic mass is 32.1. The molecule has 3 aromatic rings. The lowest BCUT2D eigenvalue weighted by Crippen LogP contribution is -3.15. The number of imide groups is 1. The van der Waals surface area contributed by atoms with Crippen LogP contribution in [0.3, 0.4) is 0 Å². The van der Waals surface area contributed by atoms with Gasteiger partial charge in [0.1, 0.15) is 11.0 Å². The molecule has 1 aromatic heterocycles. The number of nitrogens with zero attached hydrogens (tertiary/aromatic N) is 2. The molecule has 6 nitrogen and oxygen atoms in total. The minimum Gasteiger partial charge on any atom is -0.325 e. The molecular weight excluding hydrogens is 396 g/mol. The van der Waals surface area contributed by atoms with E-state index in [0.29, 0.717) is 19.0 Å². The minimum absolute atomic E-state index is 0.113. The number of likely N-dealkylation sites (tertiary alicyclic amines) is 1. The molecule has 154 valence electrons. The van der Waals surface area contributed by atoms with E-state index in [-0.39, 0.29) is 11.9 Å². The summed E-state index contributed by atoms with van der Waals surface area (Å²) in [6, 6.07) is 17.3. The highest BCUT2D eigenvalue weighted by molar-refractivity contribution is 7.18. The van der Waals surface area contributed by atoms with E-state index in [4.69, 9.17) is 4.98 Å². The predicted molar refractivity (Wildman–Crippen MR) is 116 cm³/mol. The first-order valence-corrected chi connectivity index (χ1v) is 11.3. The molecule has 5 rings (SSSR count). The van der Waals surface area contributed by atoms with Crippen molar-refractivity contribution < 1.29 is 14.5 Å². The lowest BCUT2D eigenvalue weighted by molar-refractivity contribution is -0.913. The lowest BCUT2D eigenvalue weighted by atomic mass is 9.99. The van der Waals surface area contributed by atoms with Crippen LogP contribution in [0.4, 0.5) is 4.79 Å². The van der Waals surface area contributed by atoms with Gasteiger partial charge in [0, 0.05) is 6.42 Å². The van der Waals surface area contributed by atoms with E-state index in [2.05, 4.69) is 17.4 Å². The summed E-state index contributed by atoms with van der Waals surface area (Å²) < 4.78 is 1.22. The number of quaternary nitrogens is 1. The van der Waals surface area contributed by atoms with Crippen molar-refractivity contribution in [2.75, 3.05) is 19.8 Å². The Labute approximate surface area is 179 Å².